The number of carboxylic acid groups (broad SMARTS) is 2. The van der Waals surface area contributed by atoms with E-state index in [4.69, 9.17) is 15.9 Å². The molecule has 2 rings (SSSR count). The van der Waals surface area contributed by atoms with Crippen LogP contribution in [0.4, 0.5) is 4.79 Å². The fourth-order valence-electron chi connectivity index (χ4n) is 2.02. The summed E-state index contributed by atoms with van der Waals surface area (Å²) in [5, 5.41) is 17.7. The van der Waals surface area contributed by atoms with E-state index in [2.05, 4.69) is 0 Å². The van der Waals surface area contributed by atoms with Gasteiger partial charge in [-0.2, -0.15) is 0 Å². The maximum atomic E-state index is 11.1. The number of nitrogens with two attached hydrogens (primary N) is 1. The van der Waals surface area contributed by atoms with Crippen molar-refractivity contribution < 1.29 is 19.8 Å². The first-order valence-electron chi connectivity index (χ1n) is 4.41. The number of nitrogens with zero attached hydrogens (tertiary/aromatic N) is 1. The highest BCUT2D eigenvalue weighted by Crippen LogP contribution is 2.52. The molecule has 0 spiro atoms. The average Bonchev–Trinajstić information content (AvgIpc) is 2.64. The van der Waals surface area contributed by atoms with E-state index in [9.17, 15) is 9.59 Å². The van der Waals surface area contributed by atoms with Crippen LogP contribution in [-0.4, -0.2) is 45.8 Å². The SMILES string of the molecule is NC1(C2(C(=O)O)CN(C(=O)O)C2)CC1. The van der Waals surface area contributed by atoms with Crippen LogP contribution in [0.2, 0.25) is 0 Å². The van der Waals surface area contributed by atoms with Gasteiger partial charge in [0.2, 0.25) is 0 Å². The first-order valence-corrected chi connectivity index (χ1v) is 4.41. The van der Waals surface area contributed by atoms with Gasteiger partial charge in [-0.1, -0.05) is 0 Å². The van der Waals surface area contributed by atoms with Crippen molar-refractivity contribution in [2.45, 2.75) is 18.4 Å². The molecule has 1 saturated carbocycles. The minimum Gasteiger partial charge on any atom is -0.481 e. The van der Waals surface area contributed by atoms with E-state index in [0.717, 1.165) is 4.90 Å². The molecule has 14 heavy (non-hydrogen) atoms. The van der Waals surface area contributed by atoms with Gasteiger partial charge >= 0.3 is 12.1 Å². The third-order valence-corrected chi connectivity index (χ3v) is 3.34. The van der Waals surface area contributed by atoms with Gasteiger partial charge in [-0.3, -0.25) is 4.79 Å². The number of hydrogen-bond acceptors (Lipinski definition) is 3. The molecule has 1 heterocycles. The Kier molecular flexibility index (Phi) is 1.58. The average molecular weight is 200 g/mol. The molecule has 78 valence electrons. The summed E-state index contributed by atoms with van der Waals surface area (Å²) in [7, 11) is 0. The van der Waals surface area contributed by atoms with Gasteiger partial charge in [0.1, 0.15) is 5.41 Å². The molecule has 1 saturated heterocycles. The van der Waals surface area contributed by atoms with Crippen molar-refractivity contribution in [1.29, 1.82) is 0 Å². The first kappa shape index (κ1) is 9.26. The smallest absolute Gasteiger partial charge is 0.407 e. The van der Waals surface area contributed by atoms with Crippen molar-refractivity contribution in [3.8, 4) is 0 Å². The van der Waals surface area contributed by atoms with Gasteiger partial charge in [0.15, 0.2) is 0 Å². The van der Waals surface area contributed by atoms with Gasteiger partial charge in [0.25, 0.3) is 0 Å². The second-order valence-corrected chi connectivity index (χ2v) is 4.18. The zero-order valence-electron chi connectivity index (χ0n) is 7.56. The molecule has 0 aromatic heterocycles. The summed E-state index contributed by atoms with van der Waals surface area (Å²) in [5.41, 5.74) is 4.14. The normalized spacial score (nSPS) is 26.5. The number of aliphatic carboxylic acids is 1. The van der Waals surface area contributed by atoms with Crippen LogP contribution in [0.15, 0.2) is 0 Å². The van der Waals surface area contributed by atoms with Crippen molar-refractivity contribution in [2.24, 2.45) is 11.1 Å². The minimum absolute atomic E-state index is 0.0220. The Morgan fingerprint density at radius 1 is 1.21 bits per heavy atom. The third-order valence-electron chi connectivity index (χ3n) is 3.34. The Morgan fingerprint density at radius 2 is 1.71 bits per heavy atom. The summed E-state index contributed by atoms with van der Waals surface area (Å²) < 4.78 is 0. The van der Waals surface area contributed by atoms with E-state index in [1.54, 1.807) is 0 Å². The Hall–Kier alpha value is -1.30. The Balaban J connectivity index is 2.14. The van der Waals surface area contributed by atoms with E-state index in [1.807, 2.05) is 0 Å². The fourth-order valence-corrected chi connectivity index (χ4v) is 2.02. The molecule has 6 heteroatoms. The topological polar surface area (TPSA) is 104 Å². The molecule has 1 aliphatic carbocycles. The third kappa shape index (κ3) is 0.942. The lowest BCUT2D eigenvalue weighted by Gasteiger charge is -2.49. The molecule has 0 unspecified atom stereocenters. The summed E-state index contributed by atoms with van der Waals surface area (Å²) in [6, 6.07) is 0. The quantitative estimate of drug-likeness (QED) is 0.559. The summed E-state index contributed by atoms with van der Waals surface area (Å²) >= 11 is 0. The lowest BCUT2D eigenvalue weighted by atomic mass is 9.71. The maximum Gasteiger partial charge on any atom is 0.407 e. The number of rotatable bonds is 2. The van der Waals surface area contributed by atoms with Gasteiger partial charge in [-0.15, -0.1) is 0 Å². The van der Waals surface area contributed by atoms with Gasteiger partial charge in [-0.05, 0) is 12.8 Å². The highest BCUT2D eigenvalue weighted by atomic mass is 16.4. The molecule has 4 N–H and O–H groups in total. The molecule has 0 radical (unpaired) electrons. The summed E-state index contributed by atoms with van der Waals surface area (Å²) in [6.07, 6.45) is 0.269. The molecule has 1 amide bonds. The van der Waals surface area contributed by atoms with Crippen molar-refractivity contribution in [1.82, 2.24) is 4.90 Å². The molecule has 2 aliphatic rings. The number of carbonyl (C=O) groups is 2. The predicted octanol–water partition coefficient (Wildman–Crippen LogP) is -0.458. The first-order chi connectivity index (χ1) is 6.41. The highest BCUT2D eigenvalue weighted by Gasteiger charge is 2.67. The van der Waals surface area contributed by atoms with Crippen LogP contribution < -0.4 is 5.73 Å². The van der Waals surface area contributed by atoms with Crippen molar-refractivity contribution in [2.75, 3.05) is 13.1 Å². The Morgan fingerprint density at radius 3 is 2.00 bits per heavy atom. The lowest BCUT2D eigenvalue weighted by Crippen LogP contribution is -2.70. The minimum atomic E-state index is -1.08. The molecule has 0 atom stereocenters. The van der Waals surface area contributed by atoms with E-state index in [-0.39, 0.29) is 13.1 Å². The van der Waals surface area contributed by atoms with Crippen molar-refractivity contribution >= 4 is 12.1 Å². The second kappa shape index (κ2) is 2.38. The number of likely N-dealkylation sites (tertiary alicyclic amines) is 1. The van der Waals surface area contributed by atoms with Gasteiger partial charge in [0, 0.05) is 18.6 Å². The predicted molar refractivity (Wildman–Crippen MR) is 45.8 cm³/mol. The molecule has 6 nitrogen and oxygen atoms in total. The molecule has 2 fully saturated rings. The van der Waals surface area contributed by atoms with Crippen molar-refractivity contribution in [3.05, 3.63) is 0 Å². The monoisotopic (exact) mass is 200 g/mol. The van der Waals surface area contributed by atoms with Crippen LogP contribution >= 0.6 is 0 Å². The standard InChI is InChI=1S/C8H12N2O4/c9-8(1-2-8)7(5(11)12)3-10(4-7)6(13)14/h1-4,9H2,(H,11,12)(H,13,14). The molecular formula is C8H12N2O4. The molecular weight excluding hydrogens is 188 g/mol. The molecule has 0 aromatic carbocycles. The second-order valence-electron chi connectivity index (χ2n) is 4.18. The van der Waals surface area contributed by atoms with Crippen LogP contribution in [0.5, 0.6) is 0 Å². The summed E-state index contributed by atoms with van der Waals surface area (Å²) in [5.74, 6) is -0.977. The Bertz CT molecular complexity index is 304. The molecule has 1 aliphatic heterocycles. The maximum absolute atomic E-state index is 11.1. The van der Waals surface area contributed by atoms with Gasteiger partial charge < -0.3 is 20.8 Å². The number of amides is 1. The van der Waals surface area contributed by atoms with E-state index < -0.39 is 23.0 Å². The van der Waals surface area contributed by atoms with Gasteiger partial charge in [0.05, 0.1) is 0 Å². The number of hydrogen-bond donors (Lipinski definition) is 3. The zero-order chi connectivity index (χ0) is 10.6. The van der Waals surface area contributed by atoms with E-state index in [0.29, 0.717) is 12.8 Å². The van der Waals surface area contributed by atoms with E-state index in [1.165, 1.54) is 0 Å². The summed E-state index contributed by atoms with van der Waals surface area (Å²) in [6.45, 7) is 0.0440. The lowest BCUT2D eigenvalue weighted by molar-refractivity contribution is -0.162. The van der Waals surface area contributed by atoms with Crippen LogP contribution in [0.25, 0.3) is 0 Å². The zero-order valence-corrected chi connectivity index (χ0v) is 7.56. The van der Waals surface area contributed by atoms with Gasteiger partial charge in [-0.25, -0.2) is 4.79 Å². The summed E-state index contributed by atoms with van der Waals surface area (Å²) in [4.78, 5) is 22.7. The van der Waals surface area contributed by atoms with E-state index >= 15 is 0 Å². The molecule has 0 aromatic rings. The highest BCUT2D eigenvalue weighted by molar-refractivity contribution is 5.82. The fraction of sp³-hybridized carbons (Fsp3) is 0.750. The number of carboxylic acids is 1. The van der Waals surface area contributed by atoms with Crippen molar-refractivity contribution in [3.63, 3.8) is 0 Å². The van der Waals surface area contributed by atoms with Crippen LogP contribution in [0.1, 0.15) is 12.8 Å². The Labute approximate surface area is 80.3 Å². The van der Waals surface area contributed by atoms with Crippen LogP contribution in [-0.2, 0) is 4.79 Å². The van der Waals surface area contributed by atoms with Crippen LogP contribution in [0, 0.1) is 5.41 Å². The molecule has 0 bridgehead atoms. The largest absolute Gasteiger partial charge is 0.481 e. The van der Waals surface area contributed by atoms with Crippen LogP contribution in [0.3, 0.4) is 0 Å².